The molecule has 0 radical (unpaired) electrons. The Kier molecular flexibility index (Phi) is 4.84. The van der Waals surface area contributed by atoms with E-state index in [9.17, 15) is 18.0 Å². The number of nitrogens with zero attached hydrogens (tertiary/aromatic N) is 1. The number of morpholine rings is 1. The molecule has 1 aliphatic rings. The van der Waals surface area contributed by atoms with Gasteiger partial charge in [-0.15, -0.1) is 0 Å². The molecule has 1 aromatic carbocycles. The van der Waals surface area contributed by atoms with Crippen LogP contribution >= 0.6 is 0 Å². The molecular formula is C14H16F3NO3. The highest BCUT2D eigenvalue weighted by Gasteiger charge is 2.31. The molecule has 116 valence electrons. The van der Waals surface area contributed by atoms with Crippen LogP contribution < -0.4 is 0 Å². The van der Waals surface area contributed by atoms with Crippen molar-refractivity contribution in [3.8, 4) is 0 Å². The first kappa shape index (κ1) is 15.8. The molecule has 1 unspecified atom stereocenters. The molecule has 0 bridgehead atoms. The van der Waals surface area contributed by atoms with Gasteiger partial charge in [-0.05, 0) is 17.7 Å². The molecule has 1 aliphatic heterocycles. The Balaban J connectivity index is 2.05. The van der Waals surface area contributed by atoms with Crippen LogP contribution in [0.2, 0.25) is 0 Å². The zero-order chi connectivity index (χ0) is 15.5. The summed E-state index contributed by atoms with van der Waals surface area (Å²) in [6.07, 6.45) is -4.84. The summed E-state index contributed by atoms with van der Waals surface area (Å²) in [6, 6.07) is 5.07. The van der Waals surface area contributed by atoms with Gasteiger partial charge in [0.05, 0.1) is 24.7 Å². The molecule has 0 aromatic heterocycles. The molecule has 1 heterocycles. The lowest BCUT2D eigenvalue weighted by molar-refractivity contribution is -0.139. The van der Waals surface area contributed by atoms with Crippen LogP contribution in [0.25, 0.3) is 0 Å². The van der Waals surface area contributed by atoms with Crippen LogP contribution in [-0.2, 0) is 15.7 Å². The maximum absolute atomic E-state index is 12.7. The molecule has 0 aliphatic carbocycles. The van der Waals surface area contributed by atoms with Crippen LogP contribution in [0.1, 0.15) is 23.7 Å². The molecule has 4 nitrogen and oxygen atoms in total. The maximum atomic E-state index is 12.7. The summed E-state index contributed by atoms with van der Waals surface area (Å²) in [5.74, 6) is -0.892. The fourth-order valence-electron chi connectivity index (χ4n) is 2.28. The van der Waals surface area contributed by atoms with Gasteiger partial charge in [0.1, 0.15) is 0 Å². The number of carboxylic acid groups (broad SMARTS) is 1. The minimum Gasteiger partial charge on any atom is -0.481 e. The molecule has 1 saturated heterocycles. The second-order valence-electron chi connectivity index (χ2n) is 4.93. The highest BCUT2D eigenvalue weighted by Crippen LogP contribution is 2.32. The fraction of sp³-hybridized carbons (Fsp3) is 0.500. The van der Waals surface area contributed by atoms with E-state index in [1.165, 1.54) is 6.07 Å². The van der Waals surface area contributed by atoms with Crippen LogP contribution in [0.3, 0.4) is 0 Å². The molecule has 0 spiro atoms. The van der Waals surface area contributed by atoms with Crippen molar-refractivity contribution < 1.29 is 27.8 Å². The number of hydrogen-bond donors (Lipinski definition) is 1. The Hall–Kier alpha value is -1.60. The average Bonchev–Trinajstić information content (AvgIpc) is 2.45. The first-order chi connectivity index (χ1) is 9.86. The van der Waals surface area contributed by atoms with Gasteiger partial charge in [-0.3, -0.25) is 9.69 Å². The number of ether oxygens (including phenoxy) is 1. The monoisotopic (exact) mass is 303 g/mol. The van der Waals surface area contributed by atoms with Crippen LogP contribution in [-0.4, -0.2) is 42.2 Å². The van der Waals surface area contributed by atoms with Crippen LogP contribution in [0.15, 0.2) is 24.3 Å². The van der Waals surface area contributed by atoms with Gasteiger partial charge in [-0.1, -0.05) is 12.1 Å². The number of carboxylic acids is 1. The van der Waals surface area contributed by atoms with E-state index in [4.69, 9.17) is 9.84 Å². The van der Waals surface area contributed by atoms with E-state index in [1.807, 2.05) is 4.90 Å². The van der Waals surface area contributed by atoms with Gasteiger partial charge in [0.2, 0.25) is 0 Å². The standard InChI is InChI=1S/C14H16F3NO3/c15-14(16,17)11-3-1-2-10(8-11)12-9-18(6-7-21-12)5-4-13(19)20/h1-3,8,12H,4-7,9H2,(H,19,20). The number of alkyl halides is 3. The Bertz CT molecular complexity index is 504. The molecule has 21 heavy (non-hydrogen) atoms. The lowest BCUT2D eigenvalue weighted by atomic mass is 10.0. The zero-order valence-electron chi connectivity index (χ0n) is 11.3. The predicted molar refractivity (Wildman–Crippen MR) is 68.8 cm³/mol. The molecule has 1 N–H and O–H groups in total. The number of benzene rings is 1. The van der Waals surface area contributed by atoms with Crippen molar-refractivity contribution >= 4 is 5.97 Å². The molecule has 0 amide bonds. The van der Waals surface area contributed by atoms with Crippen LogP contribution in [0.4, 0.5) is 13.2 Å². The second-order valence-corrected chi connectivity index (χ2v) is 4.93. The van der Waals surface area contributed by atoms with Crippen molar-refractivity contribution in [1.82, 2.24) is 4.90 Å². The predicted octanol–water partition coefficient (Wildman–Crippen LogP) is 2.55. The quantitative estimate of drug-likeness (QED) is 0.929. The Morgan fingerprint density at radius 2 is 2.19 bits per heavy atom. The van der Waals surface area contributed by atoms with Crippen molar-refractivity contribution in [3.63, 3.8) is 0 Å². The highest BCUT2D eigenvalue weighted by atomic mass is 19.4. The summed E-state index contributed by atoms with van der Waals surface area (Å²) in [6.45, 7) is 1.73. The van der Waals surface area contributed by atoms with Gasteiger partial charge >= 0.3 is 12.1 Å². The van der Waals surface area contributed by atoms with Gasteiger partial charge in [0.25, 0.3) is 0 Å². The molecule has 2 rings (SSSR count). The van der Waals surface area contributed by atoms with Crippen molar-refractivity contribution in [2.24, 2.45) is 0 Å². The first-order valence-electron chi connectivity index (χ1n) is 6.59. The molecule has 1 atom stereocenters. The van der Waals surface area contributed by atoms with Crippen molar-refractivity contribution in [1.29, 1.82) is 0 Å². The Labute approximate surface area is 120 Å². The molecule has 7 heteroatoms. The van der Waals surface area contributed by atoms with Gasteiger partial charge < -0.3 is 9.84 Å². The summed E-state index contributed by atoms with van der Waals surface area (Å²) in [5, 5.41) is 8.67. The van der Waals surface area contributed by atoms with E-state index < -0.39 is 23.8 Å². The lowest BCUT2D eigenvalue weighted by Gasteiger charge is -2.33. The number of halogens is 3. The van der Waals surface area contributed by atoms with Crippen LogP contribution in [0.5, 0.6) is 0 Å². The average molecular weight is 303 g/mol. The summed E-state index contributed by atoms with van der Waals surface area (Å²) in [7, 11) is 0. The number of hydrogen-bond acceptors (Lipinski definition) is 3. The van der Waals surface area contributed by atoms with Gasteiger partial charge in [-0.2, -0.15) is 13.2 Å². The van der Waals surface area contributed by atoms with Gasteiger partial charge in [0, 0.05) is 19.6 Å². The van der Waals surface area contributed by atoms with Crippen molar-refractivity contribution in [2.45, 2.75) is 18.7 Å². The number of rotatable bonds is 4. The molecule has 1 aromatic rings. The topological polar surface area (TPSA) is 49.8 Å². The van der Waals surface area contributed by atoms with Crippen LogP contribution in [0, 0.1) is 0 Å². The number of aliphatic carboxylic acids is 1. The largest absolute Gasteiger partial charge is 0.481 e. The summed E-state index contributed by atoms with van der Waals surface area (Å²) in [4.78, 5) is 12.5. The third-order valence-corrected chi connectivity index (χ3v) is 3.38. The fourth-order valence-corrected chi connectivity index (χ4v) is 2.28. The highest BCUT2D eigenvalue weighted by molar-refractivity contribution is 5.66. The second kappa shape index (κ2) is 6.44. The van der Waals surface area contributed by atoms with E-state index in [0.717, 1.165) is 12.1 Å². The first-order valence-corrected chi connectivity index (χ1v) is 6.59. The normalized spacial score (nSPS) is 20.4. The Morgan fingerprint density at radius 1 is 1.43 bits per heavy atom. The molecule has 0 saturated carbocycles. The summed E-state index contributed by atoms with van der Waals surface area (Å²) in [5.41, 5.74) is -0.240. The Morgan fingerprint density at radius 3 is 2.86 bits per heavy atom. The van der Waals surface area contributed by atoms with E-state index in [2.05, 4.69) is 0 Å². The minimum absolute atomic E-state index is 0.00924. The lowest BCUT2D eigenvalue weighted by Crippen LogP contribution is -2.39. The van der Waals surface area contributed by atoms with Crippen molar-refractivity contribution in [2.75, 3.05) is 26.2 Å². The third kappa shape index (κ3) is 4.44. The smallest absolute Gasteiger partial charge is 0.416 e. The van der Waals surface area contributed by atoms with Crippen molar-refractivity contribution in [3.05, 3.63) is 35.4 Å². The van der Waals surface area contributed by atoms with E-state index in [0.29, 0.717) is 31.8 Å². The number of carbonyl (C=O) groups is 1. The SMILES string of the molecule is O=C(O)CCN1CCOC(c2cccc(C(F)(F)F)c2)C1. The minimum atomic E-state index is -4.38. The van der Waals surface area contributed by atoms with Gasteiger partial charge in [0.15, 0.2) is 0 Å². The zero-order valence-corrected chi connectivity index (χ0v) is 11.3. The van der Waals surface area contributed by atoms with E-state index in [1.54, 1.807) is 6.07 Å². The molecular weight excluding hydrogens is 287 g/mol. The maximum Gasteiger partial charge on any atom is 0.416 e. The summed E-state index contributed by atoms with van der Waals surface area (Å²) < 4.78 is 43.6. The third-order valence-electron chi connectivity index (χ3n) is 3.38. The van der Waals surface area contributed by atoms with E-state index >= 15 is 0 Å². The van der Waals surface area contributed by atoms with Gasteiger partial charge in [-0.25, -0.2) is 0 Å². The molecule has 1 fully saturated rings. The summed E-state index contributed by atoms with van der Waals surface area (Å²) >= 11 is 0. The van der Waals surface area contributed by atoms with E-state index in [-0.39, 0.29) is 6.42 Å².